The van der Waals surface area contributed by atoms with Crippen LogP contribution in [-0.4, -0.2) is 36.5 Å². The second-order valence-corrected chi connectivity index (χ2v) is 8.63. The maximum absolute atomic E-state index is 12.7. The van der Waals surface area contributed by atoms with Crippen molar-refractivity contribution >= 4 is 41.6 Å². The molecule has 0 fully saturated rings. The number of benzene rings is 4. The second-order valence-electron chi connectivity index (χ2n) is 8.19. The van der Waals surface area contributed by atoms with Gasteiger partial charge in [-0.3, -0.25) is 9.59 Å². The number of nitrogens with zero attached hydrogens (tertiary/aromatic N) is 1. The van der Waals surface area contributed by atoms with E-state index in [0.29, 0.717) is 27.3 Å². The Bertz CT molecular complexity index is 1540. The molecule has 10 heteroatoms. The Morgan fingerprint density at radius 2 is 1.32 bits per heavy atom. The van der Waals surface area contributed by atoms with Crippen molar-refractivity contribution in [2.75, 3.05) is 6.54 Å². The lowest BCUT2D eigenvalue weighted by atomic mass is 10.2. The van der Waals surface area contributed by atoms with Gasteiger partial charge in [0, 0.05) is 22.2 Å². The molecule has 2 N–H and O–H groups in total. The monoisotopic (exact) mass is 555 g/mol. The summed E-state index contributed by atoms with van der Waals surface area (Å²) >= 11 is 5.82. The zero-order valence-electron chi connectivity index (χ0n) is 20.9. The van der Waals surface area contributed by atoms with Crippen LogP contribution >= 0.6 is 11.6 Å². The number of halogens is 1. The largest absolute Gasteiger partial charge is 0.423 e. The molecule has 0 saturated heterocycles. The first-order chi connectivity index (χ1) is 19.4. The standard InChI is InChI=1S/C30H22ClN3O6/c31-24-14-11-20(12-15-24)28(36)32-19-27(35)34-33-18-23-13-16-25(39-29(37)21-7-3-1-4-8-21)17-26(23)40-30(38)22-9-5-2-6-10-22/h1-18H,19H2,(H,32,36)(H,34,35)/b33-18+. The van der Waals surface area contributed by atoms with Crippen LogP contribution in [-0.2, 0) is 4.79 Å². The maximum atomic E-state index is 12.7. The lowest BCUT2D eigenvalue weighted by Crippen LogP contribution is -2.34. The minimum Gasteiger partial charge on any atom is -0.423 e. The van der Waals surface area contributed by atoms with Gasteiger partial charge in [0.15, 0.2) is 0 Å². The Hall–Kier alpha value is -5.28. The molecule has 0 unspecified atom stereocenters. The number of carbonyl (C=O) groups excluding carboxylic acids is 4. The van der Waals surface area contributed by atoms with Crippen LogP contribution in [0.1, 0.15) is 36.6 Å². The van der Waals surface area contributed by atoms with Gasteiger partial charge in [-0.15, -0.1) is 0 Å². The molecule has 4 rings (SSSR count). The molecule has 0 saturated carbocycles. The number of rotatable bonds is 9. The fourth-order valence-electron chi connectivity index (χ4n) is 3.32. The van der Waals surface area contributed by atoms with E-state index in [4.69, 9.17) is 21.1 Å². The van der Waals surface area contributed by atoms with E-state index in [0.717, 1.165) is 0 Å². The van der Waals surface area contributed by atoms with Crippen LogP contribution in [0.2, 0.25) is 5.02 Å². The van der Waals surface area contributed by atoms with Crippen molar-refractivity contribution in [2.24, 2.45) is 5.10 Å². The predicted octanol–water partition coefficient (Wildman–Crippen LogP) is 4.66. The van der Waals surface area contributed by atoms with Crippen molar-refractivity contribution in [1.29, 1.82) is 0 Å². The van der Waals surface area contributed by atoms with E-state index in [1.165, 1.54) is 36.5 Å². The van der Waals surface area contributed by atoms with Gasteiger partial charge in [-0.05, 0) is 60.7 Å². The van der Waals surface area contributed by atoms with Crippen LogP contribution in [0.3, 0.4) is 0 Å². The number of ether oxygens (including phenoxy) is 2. The van der Waals surface area contributed by atoms with Crippen molar-refractivity contribution in [3.8, 4) is 11.5 Å². The summed E-state index contributed by atoms with van der Waals surface area (Å²) in [5.41, 5.74) is 3.61. The molecule has 4 aromatic carbocycles. The number of nitrogens with one attached hydrogen (secondary N) is 2. The minimum absolute atomic E-state index is 0.0428. The molecule has 0 aliphatic heterocycles. The Morgan fingerprint density at radius 3 is 1.95 bits per heavy atom. The van der Waals surface area contributed by atoms with Crippen molar-refractivity contribution in [2.45, 2.75) is 0 Å². The second kappa shape index (κ2) is 13.5. The van der Waals surface area contributed by atoms with Gasteiger partial charge in [0.2, 0.25) is 0 Å². The summed E-state index contributed by atoms with van der Waals surface area (Å²) in [5, 5.41) is 6.85. The quantitative estimate of drug-likeness (QED) is 0.134. The van der Waals surface area contributed by atoms with Crippen LogP contribution in [0.4, 0.5) is 0 Å². The predicted molar refractivity (Wildman–Crippen MR) is 149 cm³/mol. The molecule has 0 aromatic heterocycles. The average Bonchev–Trinajstić information content (AvgIpc) is 2.98. The fourth-order valence-corrected chi connectivity index (χ4v) is 3.45. The van der Waals surface area contributed by atoms with Crippen LogP contribution < -0.4 is 20.2 Å². The summed E-state index contributed by atoms with van der Waals surface area (Å²) in [7, 11) is 0. The van der Waals surface area contributed by atoms with Crippen molar-refractivity contribution in [3.63, 3.8) is 0 Å². The third kappa shape index (κ3) is 7.86. The first-order valence-corrected chi connectivity index (χ1v) is 12.3. The molecular formula is C30H22ClN3O6. The van der Waals surface area contributed by atoms with Gasteiger partial charge in [0.1, 0.15) is 11.5 Å². The third-order valence-corrected chi connectivity index (χ3v) is 5.58. The van der Waals surface area contributed by atoms with E-state index >= 15 is 0 Å². The molecule has 0 atom stereocenters. The van der Waals surface area contributed by atoms with E-state index in [-0.39, 0.29) is 18.0 Å². The van der Waals surface area contributed by atoms with Crippen LogP contribution in [0.5, 0.6) is 11.5 Å². The molecule has 0 spiro atoms. The van der Waals surface area contributed by atoms with Gasteiger partial charge in [-0.1, -0.05) is 48.0 Å². The average molecular weight is 556 g/mol. The van der Waals surface area contributed by atoms with E-state index in [1.54, 1.807) is 72.8 Å². The number of hydrogen-bond donors (Lipinski definition) is 2. The van der Waals surface area contributed by atoms with Gasteiger partial charge < -0.3 is 14.8 Å². The van der Waals surface area contributed by atoms with Crippen LogP contribution in [0.25, 0.3) is 0 Å². The highest BCUT2D eigenvalue weighted by Crippen LogP contribution is 2.26. The zero-order valence-corrected chi connectivity index (χ0v) is 21.6. The fraction of sp³-hybridized carbons (Fsp3) is 0.0333. The molecule has 4 aromatic rings. The van der Waals surface area contributed by atoms with Crippen molar-refractivity contribution in [1.82, 2.24) is 10.7 Å². The molecule has 0 bridgehead atoms. The number of carbonyl (C=O) groups is 4. The number of amides is 2. The molecule has 40 heavy (non-hydrogen) atoms. The Kier molecular flexibility index (Phi) is 9.36. The van der Waals surface area contributed by atoms with E-state index in [9.17, 15) is 19.2 Å². The minimum atomic E-state index is -0.643. The molecule has 0 heterocycles. The third-order valence-electron chi connectivity index (χ3n) is 5.33. The lowest BCUT2D eigenvalue weighted by molar-refractivity contribution is -0.120. The summed E-state index contributed by atoms with van der Waals surface area (Å²) in [6.07, 6.45) is 1.26. The number of esters is 2. The first-order valence-electron chi connectivity index (χ1n) is 11.9. The molecule has 0 aliphatic rings. The Balaban J connectivity index is 1.44. The Labute approximate surface area is 234 Å². The molecular weight excluding hydrogens is 534 g/mol. The van der Waals surface area contributed by atoms with Gasteiger partial charge in [-0.25, -0.2) is 15.0 Å². The maximum Gasteiger partial charge on any atom is 0.343 e. The highest BCUT2D eigenvalue weighted by atomic mass is 35.5. The zero-order chi connectivity index (χ0) is 28.3. The highest BCUT2D eigenvalue weighted by Gasteiger charge is 2.15. The SMILES string of the molecule is O=C(CNC(=O)c1ccc(Cl)cc1)N/N=C/c1ccc(OC(=O)c2ccccc2)cc1OC(=O)c1ccccc1. The summed E-state index contributed by atoms with van der Waals surface area (Å²) in [6.45, 7) is -0.330. The van der Waals surface area contributed by atoms with Crippen molar-refractivity contribution < 1.29 is 28.7 Å². The molecule has 2 amide bonds. The molecule has 0 aliphatic carbocycles. The van der Waals surface area contributed by atoms with Crippen molar-refractivity contribution in [3.05, 3.63) is 130 Å². The smallest absolute Gasteiger partial charge is 0.343 e. The van der Waals surface area contributed by atoms with E-state index in [1.807, 2.05) is 0 Å². The molecule has 0 radical (unpaired) electrons. The normalized spacial score (nSPS) is 10.5. The van der Waals surface area contributed by atoms with Crippen LogP contribution in [0.15, 0.2) is 108 Å². The number of hydrogen-bond acceptors (Lipinski definition) is 7. The van der Waals surface area contributed by atoms with Gasteiger partial charge in [0.25, 0.3) is 11.8 Å². The van der Waals surface area contributed by atoms with E-state index in [2.05, 4.69) is 15.8 Å². The highest BCUT2D eigenvalue weighted by molar-refractivity contribution is 6.30. The van der Waals surface area contributed by atoms with Crippen LogP contribution in [0, 0.1) is 0 Å². The summed E-state index contributed by atoms with van der Waals surface area (Å²) < 4.78 is 11.0. The van der Waals surface area contributed by atoms with E-state index < -0.39 is 23.8 Å². The lowest BCUT2D eigenvalue weighted by Gasteiger charge is -2.10. The Morgan fingerprint density at radius 1 is 0.725 bits per heavy atom. The molecule has 200 valence electrons. The van der Waals surface area contributed by atoms with Gasteiger partial charge in [0.05, 0.1) is 23.9 Å². The van der Waals surface area contributed by atoms with Gasteiger partial charge >= 0.3 is 11.9 Å². The topological polar surface area (TPSA) is 123 Å². The summed E-state index contributed by atoms with van der Waals surface area (Å²) in [5.74, 6) is -2.09. The first kappa shape index (κ1) is 27.7. The number of hydrazone groups is 1. The molecule has 9 nitrogen and oxygen atoms in total. The summed E-state index contributed by atoms with van der Waals surface area (Å²) in [6, 6.07) is 27.3. The van der Waals surface area contributed by atoms with Gasteiger partial charge in [-0.2, -0.15) is 5.10 Å². The summed E-state index contributed by atoms with van der Waals surface area (Å²) in [4.78, 5) is 49.5.